The molecule has 0 saturated heterocycles. The third-order valence-corrected chi connectivity index (χ3v) is 5.29. The summed E-state index contributed by atoms with van der Waals surface area (Å²) in [6, 6.07) is 14.5. The van der Waals surface area contributed by atoms with Crippen molar-refractivity contribution < 1.29 is 9.18 Å². The lowest BCUT2D eigenvalue weighted by Gasteiger charge is -2.06. The highest BCUT2D eigenvalue weighted by Gasteiger charge is 2.09. The smallest absolute Gasteiger partial charge is 0.226 e. The molecule has 0 radical (unpaired) electrons. The second-order valence-electron chi connectivity index (χ2n) is 5.58. The van der Waals surface area contributed by atoms with Gasteiger partial charge < -0.3 is 5.32 Å². The molecular formula is C19H16BrFN2OS. The monoisotopic (exact) mass is 418 g/mol. The highest BCUT2D eigenvalue weighted by molar-refractivity contribution is 9.10. The van der Waals surface area contributed by atoms with Crippen LogP contribution in [0.3, 0.4) is 0 Å². The van der Waals surface area contributed by atoms with E-state index < -0.39 is 0 Å². The molecule has 2 aromatic carbocycles. The fourth-order valence-electron chi connectivity index (χ4n) is 2.38. The van der Waals surface area contributed by atoms with Crippen LogP contribution in [0.5, 0.6) is 0 Å². The molecule has 3 aromatic rings. The molecule has 0 saturated carbocycles. The molecule has 0 aliphatic heterocycles. The molecule has 1 aromatic heterocycles. The van der Waals surface area contributed by atoms with Crippen LogP contribution in [-0.4, -0.2) is 10.9 Å². The summed E-state index contributed by atoms with van der Waals surface area (Å²) in [5, 5.41) is 5.70. The van der Waals surface area contributed by atoms with Crippen LogP contribution in [0.1, 0.15) is 21.8 Å². The zero-order valence-corrected chi connectivity index (χ0v) is 15.7. The molecular weight excluding hydrogens is 403 g/mol. The standard InChI is InChI=1S/C19H16BrFN2OS/c20-17-7-6-15(21)9-14(17)11-22-18(24)10-16-12-25-19(23-16)8-13-4-2-1-3-5-13/h1-7,9,12H,8,10-11H2,(H,22,24). The van der Waals surface area contributed by atoms with Gasteiger partial charge in [-0.15, -0.1) is 11.3 Å². The molecule has 1 N–H and O–H groups in total. The molecule has 3 nitrogen and oxygen atoms in total. The van der Waals surface area contributed by atoms with E-state index in [-0.39, 0.29) is 24.7 Å². The van der Waals surface area contributed by atoms with Crippen LogP contribution >= 0.6 is 27.3 Å². The first kappa shape index (κ1) is 17.8. The van der Waals surface area contributed by atoms with Crippen molar-refractivity contribution in [3.63, 3.8) is 0 Å². The summed E-state index contributed by atoms with van der Waals surface area (Å²) >= 11 is 4.91. The lowest BCUT2D eigenvalue weighted by Crippen LogP contribution is -2.24. The lowest BCUT2D eigenvalue weighted by atomic mass is 10.2. The summed E-state index contributed by atoms with van der Waals surface area (Å²) in [4.78, 5) is 16.6. The van der Waals surface area contributed by atoms with Gasteiger partial charge >= 0.3 is 0 Å². The highest BCUT2D eigenvalue weighted by atomic mass is 79.9. The van der Waals surface area contributed by atoms with E-state index >= 15 is 0 Å². The molecule has 25 heavy (non-hydrogen) atoms. The molecule has 0 atom stereocenters. The van der Waals surface area contributed by atoms with Crippen molar-refractivity contribution in [3.05, 3.63) is 86.0 Å². The van der Waals surface area contributed by atoms with Gasteiger partial charge in [0.25, 0.3) is 0 Å². The zero-order chi connectivity index (χ0) is 17.6. The maximum absolute atomic E-state index is 13.3. The maximum atomic E-state index is 13.3. The molecule has 0 aliphatic rings. The van der Waals surface area contributed by atoms with E-state index in [1.54, 1.807) is 17.4 Å². The molecule has 1 heterocycles. The van der Waals surface area contributed by atoms with Gasteiger partial charge in [-0.3, -0.25) is 4.79 Å². The number of nitrogens with one attached hydrogen (secondary N) is 1. The summed E-state index contributed by atoms with van der Waals surface area (Å²) in [5.41, 5.74) is 2.66. The van der Waals surface area contributed by atoms with Gasteiger partial charge in [-0.05, 0) is 29.3 Å². The van der Waals surface area contributed by atoms with Crippen molar-refractivity contribution in [2.45, 2.75) is 19.4 Å². The molecule has 1 amide bonds. The van der Waals surface area contributed by atoms with Crippen LogP contribution < -0.4 is 5.32 Å². The third kappa shape index (κ3) is 5.21. The number of amides is 1. The highest BCUT2D eigenvalue weighted by Crippen LogP contribution is 2.18. The number of hydrogen-bond donors (Lipinski definition) is 1. The number of aromatic nitrogens is 1. The van der Waals surface area contributed by atoms with Gasteiger partial charge in [-0.25, -0.2) is 9.37 Å². The Balaban J connectivity index is 1.54. The van der Waals surface area contributed by atoms with Crippen molar-refractivity contribution in [1.29, 1.82) is 0 Å². The van der Waals surface area contributed by atoms with Crippen LogP contribution in [0.4, 0.5) is 4.39 Å². The fourth-order valence-corrected chi connectivity index (χ4v) is 3.60. The number of carbonyl (C=O) groups excluding carboxylic acids is 1. The SMILES string of the molecule is O=C(Cc1csc(Cc2ccccc2)n1)NCc1cc(F)ccc1Br. The van der Waals surface area contributed by atoms with Crippen LogP contribution in [0, 0.1) is 5.82 Å². The number of benzene rings is 2. The van der Waals surface area contributed by atoms with Crippen LogP contribution in [0.2, 0.25) is 0 Å². The molecule has 0 aliphatic carbocycles. The molecule has 0 bridgehead atoms. The molecule has 128 valence electrons. The first-order chi connectivity index (χ1) is 12.1. The van der Waals surface area contributed by atoms with E-state index in [2.05, 4.69) is 38.4 Å². The summed E-state index contributed by atoms with van der Waals surface area (Å²) in [5.74, 6) is -0.453. The van der Waals surface area contributed by atoms with E-state index in [1.807, 2.05) is 23.6 Å². The quantitative estimate of drug-likeness (QED) is 0.640. The van der Waals surface area contributed by atoms with Crippen LogP contribution in [0.25, 0.3) is 0 Å². The van der Waals surface area contributed by atoms with E-state index in [0.29, 0.717) is 5.56 Å². The minimum atomic E-state index is -0.322. The van der Waals surface area contributed by atoms with E-state index in [0.717, 1.165) is 21.6 Å². The molecule has 0 spiro atoms. The van der Waals surface area contributed by atoms with Gasteiger partial charge in [-0.1, -0.05) is 46.3 Å². The Kier molecular flexibility index (Phi) is 5.94. The number of thiazole rings is 1. The number of carbonyl (C=O) groups is 1. The van der Waals surface area contributed by atoms with Gasteiger partial charge in [0.1, 0.15) is 5.82 Å². The van der Waals surface area contributed by atoms with Crippen LogP contribution in [-0.2, 0) is 24.2 Å². The zero-order valence-electron chi connectivity index (χ0n) is 13.3. The Bertz CT molecular complexity index is 867. The average Bonchev–Trinajstić information content (AvgIpc) is 3.03. The Morgan fingerprint density at radius 1 is 1.20 bits per heavy atom. The number of halogens is 2. The fraction of sp³-hybridized carbons (Fsp3) is 0.158. The number of nitrogens with zero attached hydrogens (tertiary/aromatic N) is 1. The summed E-state index contributed by atoms with van der Waals surface area (Å²) in [6.07, 6.45) is 0.988. The van der Waals surface area contributed by atoms with E-state index in [9.17, 15) is 9.18 Å². The third-order valence-electron chi connectivity index (χ3n) is 3.62. The maximum Gasteiger partial charge on any atom is 0.226 e. The minimum absolute atomic E-state index is 0.132. The minimum Gasteiger partial charge on any atom is -0.352 e. The first-order valence-corrected chi connectivity index (χ1v) is 9.45. The van der Waals surface area contributed by atoms with Gasteiger partial charge in [0, 0.05) is 22.8 Å². The Hall–Kier alpha value is -2.05. The predicted molar refractivity (Wildman–Crippen MR) is 101 cm³/mol. The molecule has 3 rings (SSSR count). The first-order valence-electron chi connectivity index (χ1n) is 7.78. The lowest BCUT2D eigenvalue weighted by molar-refractivity contribution is -0.120. The largest absolute Gasteiger partial charge is 0.352 e. The Morgan fingerprint density at radius 2 is 2.00 bits per heavy atom. The van der Waals surface area contributed by atoms with Gasteiger partial charge in [0.2, 0.25) is 5.91 Å². The van der Waals surface area contributed by atoms with Gasteiger partial charge in [0.05, 0.1) is 17.1 Å². The Labute approximate surface area is 158 Å². The molecule has 0 unspecified atom stereocenters. The van der Waals surface area contributed by atoms with Crippen molar-refractivity contribution in [2.24, 2.45) is 0 Å². The second kappa shape index (κ2) is 8.36. The predicted octanol–water partition coefficient (Wildman–Crippen LogP) is 4.49. The van der Waals surface area contributed by atoms with Crippen LogP contribution in [0.15, 0.2) is 58.4 Å². The number of rotatable bonds is 6. The van der Waals surface area contributed by atoms with Crippen molar-refractivity contribution in [3.8, 4) is 0 Å². The summed E-state index contributed by atoms with van der Waals surface area (Å²) in [7, 11) is 0. The Morgan fingerprint density at radius 3 is 2.80 bits per heavy atom. The van der Waals surface area contributed by atoms with Crippen molar-refractivity contribution in [1.82, 2.24) is 10.3 Å². The normalized spacial score (nSPS) is 10.6. The number of hydrogen-bond acceptors (Lipinski definition) is 3. The second-order valence-corrected chi connectivity index (χ2v) is 7.38. The topological polar surface area (TPSA) is 42.0 Å². The molecule has 0 fully saturated rings. The summed E-state index contributed by atoms with van der Waals surface area (Å²) < 4.78 is 14.0. The van der Waals surface area contributed by atoms with E-state index in [4.69, 9.17) is 0 Å². The van der Waals surface area contributed by atoms with E-state index in [1.165, 1.54) is 17.7 Å². The van der Waals surface area contributed by atoms with Crippen molar-refractivity contribution >= 4 is 33.2 Å². The summed E-state index contributed by atoms with van der Waals surface area (Å²) in [6.45, 7) is 0.276. The average molecular weight is 419 g/mol. The molecule has 6 heteroatoms. The van der Waals surface area contributed by atoms with Gasteiger partial charge in [0.15, 0.2) is 0 Å². The van der Waals surface area contributed by atoms with Crippen molar-refractivity contribution in [2.75, 3.05) is 0 Å². The van der Waals surface area contributed by atoms with Gasteiger partial charge in [-0.2, -0.15) is 0 Å².